The predicted molar refractivity (Wildman–Crippen MR) is 122 cm³/mol. The quantitative estimate of drug-likeness (QED) is 0.362. The van der Waals surface area contributed by atoms with Gasteiger partial charge in [-0.1, -0.05) is 5.16 Å². The van der Waals surface area contributed by atoms with E-state index in [0.29, 0.717) is 17.0 Å². The number of hydrogen-bond acceptors (Lipinski definition) is 8. The number of aliphatic hydroxyl groups excluding tert-OH is 1. The highest BCUT2D eigenvalue weighted by Gasteiger charge is 2.50. The molecule has 0 aromatic carbocycles. The van der Waals surface area contributed by atoms with Crippen molar-refractivity contribution in [2.24, 2.45) is 5.73 Å². The summed E-state index contributed by atoms with van der Waals surface area (Å²) in [4.78, 5) is 17.0. The molecule has 35 heavy (non-hydrogen) atoms. The standard InChI is InChI=1S/C22H28F3N7O3/c1-10(2)32-18(26)16(19(27)33)17(30-32)12-6-7-13(28-9-12)11(3)20(34)29-15-8-14(31-35-15)21(4,5)22(23,24)25/h6-11,19,33H,26-27H2,1-5H3,(H,29,34). The molecule has 3 rings (SSSR count). The maximum absolute atomic E-state index is 13.2. The summed E-state index contributed by atoms with van der Waals surface area (Å²) in [5.74, 6) is -1.29. The zero-order valence-corrected chi connectivity index (χ0v) is 19.9. The molecule has 0 bridgehead atoms. The highest BCUT2D eigenvalue weighted by Crippen LogP contribution is 2.40. The van der Waals surface area contributed by atoms with Crippen molar-refractivity contribution in [2.45, 2.75) is 64.4 Å². The van der Waals surface area contributed by atoms with Gasteiger partial charge in [0.25, 0.3) is 0 Å². The minimum Gasteiger partial charge on any atom is -0.384 e. The van der Waals surface area contributed by atoms with E-state index >= 15 is 0 Å². The van der Waals surface area contributed by atoms with Gasteiger partial charge < -0.3 is 21.1 Å². The first-order chi connectivity index (χ1) is 16.1. The number of carbonyl (C=O) groups excluding carboxylic acids is 1. The predicted octanol–water partition coefficient (Wildman–Crippen LogP) is 3.63. The fourth-order valence-electron chi connectivity index (χ4n) is 3.30. The number of hydrogen-bond donors (Lipinski definition) is 4. The van der Waals surface area contributed by atoms with E-state index in [4.69, 9.17) is 16.0 Å². The van der Waals surface area contributed by atoms with E-state index in [-0.39, 0.29) is 29.0 Å². The average Bonchev–Trinajstić information content (AvgIpc) is 3.37. The van der Waals surface area contributed by atoms with E-state index in [1.165, 1.54) is 10.9 Å². The molecule has 2 atom stereocenters. The third-order valence-electron chi connectivity index (χ3n) is 5.77. The van der Waals surface area contributed by atoms with Gasteiger partial charge in [0, 0.05) is 23.9 Å². The van der Waals surface area contributed by atoms with Crippen LogP contribution in [0.25, 0.3) is 11.3 Å². The third-order valence-corrected chi connectivity index (χ3v) is 5.77. The van der Waals surface area contributed by atoms with Crippen LogP contribution >= 0.6 is 0 Å². The summed E-state index contributed by atoms with van der Waals surface area (Å²) >= 11 is 0. The molecule has 3 aromatic rings. The van der Waals surface area contributed by atoms with Gasteiger partial charge in [0.1, 0.15) is 28.8 Å². The van der Waals surface area contributed by atoms with Gasteiger partial charge >= 0.3 is 6.18 Å². The molecule has 3 heterocycles. The summed E-state index contributed by atoms with van der Waals surface area (Å²) in [5, 5.41) is 20.3. The van der Waals surface area contributed by atoms with Crippen LogP contribution < -0.4 is 16.8 Å². The number of amides is 1. The number of nitrogens with zero attached hydrogens (tertiary/aromatic N) is 4. The minimum absolute atomic E-state index is 0.0736. The van der Waals surface area contributed by atoms with Gasteiger partial charge in [0.15, 0.2) is 0 Å². The maximum Gasteiger partial charge on any atom is 0.399 e. The number of nitrogen functional groups attached to an aromatic ring is 1. The van der Waals surface area contributed by atoms with Crippen LogP contribution in [0.2, 0.25) is 0 Å². The zero-order valence-electron chi connectivity index (χ0n) is 19.9. The lowest BCUT2D eigenvalue weighted by Gasteiger charge is -2.24. The van der Waals surface area contributed by atoms with Crippen molar-refractivity contribution in [3.8, 4) is 11.3 Å². The van der Waals surface area contributed by atoms with Gasteiger partial charge in [-0.05, 0) is 46.8 Å². The first-order valence-corrected chi connectivity index (χ1v) is 10.8. The van der Waals surface area contributed by atoms with Crippen molar-refractivity contribution in [2.75, 3.05) is 11.1 Å². The van der Waals surface area contributed by atoms with E-state index in [9.17, 15) is 23.1 Å². The minimum atomic E-state index is -4.54. The summed E-state index contributed by atoms with van der Waals surface area (Å²) in [6, 6.07) is 4.22. The van der Waals surface area contributed by atoms with Crippen LogP contribution in [0.1, 0.15) is 69.8 Å². The van der Waals surface area contributed by atoms with Gasteiger partial charge in [0.2, 0.25) is 11.8 Å². The Balaban J connectivity index is 1.79. The Morgan fingerprint density at radius 1 is 1.23 bits per heavy atom. The molecule has 0 saturated carbocycles. The van der Waals surface area contributed by atoms with E-state index in [2.05, 4.69) is 20.6 Å². The second-order valence-electron chi connectivity index (χ2n) is 9.01. The molecule has 1 amide bonds. The molecule has 0 aliphatic rings. The summed E-state index contributed by atoms with van der Waals surface area (Å²) in [6.07, 6.45) is -4.42. The highest BCUT2D eigenvalue weighted by molar-refractivity contribution is 5.94. The highest BCUT2D eigenvalue weighted by atomic mass is 19.4. The third kappa shape index (κ3) is 5.00. The molecule has 10 nitrogen and oxygen atoms in total. The smallest absolute Gasteiger partial charge is 0.384 e. The fraction of sp³-hybridized carbons (Fsp3) is 0.455. The molecule has 0 aliphatic carbocycles. The lowest BCUT2D eigenvalue weighted by molar-refractivity contribution is -0.181. The van der Waals surface area contributed by atoms with Gasteiger partial charge in [-0.3, -0.25) is 15.1 Å². The van der Waals surface area contributed by atoms with Crippen molar-refractivity contribution >= 4 is 17.6 Å². The second kappa shape index (κ2) is 9.30. The number of alkyl halides is 3. The molecule has 0 fully saturated rings. The molecular weight excluding hydrogens is 467 g/mol. The number of aliphatic hydroxyl groups is 1. The summed E-state index contributed by atoms with van der Waals surface area (Å²) in [5.41, 5.74) is 10.7. The lowest BCUT2D eigenvalue weighted by Crippen LogP contribution is -2.36. The van der Waals surface area contributed by atoms with E-state index in [0.717, 1.165) is 19.9 Å². The molecule has 0 aliphatic heterocycles. The molecule has 190 valence electrons. The van der Waals surface area contributed by atoms with Crippen LogP contribution in [-0.2, 0) is 10.2 Å². The molecule has 0 spiro atoms. The maximum atomic E-state index is 13.2. The van der Waals surface area contributed by atoms with Crippen molar-refractivity contribution in [1.82, 2.24) is 19.9 Å². The number of rotatable bonds is 7. The first kappa shape index (κ1) is 26.2. The van der Waals surface area contributed by atoms with Crippen LogP contribution in [0, 0.1) is 0 Å². The second-order valence-corrected chi connectivity index (χ2v) is 9.01. The molecular formula is C22H28F3N7O3. The molecule has 2 unspecified atom stereocenters. The molecule has 0 saturated heterocycles. The fourth-order valence-corrected chi connectivity index (χ4v) is 3.30. The Hall–Kier alpha value is -3.45. The van der Waals surface area contributed by atoms with Crippen molar-refractivity contribution in [1.29, 1.82) is 0 Å². The van der Waals surface area contributed by atoms with Crippen LogP contribution in [0.4, 0.5) is 24.9 Å². The van der Waals surface area contributed by atoms with Crippen LogP contribution in [0.5, 0.6) is 0 Å². The Bertz CT molecular complexity index is 1200. The summed E-state index contributed by atoms with van der Waals surface area (Å²) in [7, 11) is 0. The number of aromatic nitrogens is 4. The van der Waals surface area contributed by atoms with Gasteiger partial charge in [-0.15, -0.1) is 0 Å². The number of carbonyl (C=O) groups is 1. The first-order valence-electron chi connectivity index (χ1n) is 10.8. The normalized spacial score (nSPS) is 14.3. The summed E-state index contributed by atoms with van der Waals surface area (Å²) < 4.78 is 46.1. The van der Waals surface area contributed by atoms with Crippen LogP contribution in [-0.4, -0.2) is 37.1 Å². The number of anilines is 2. The van der Waals surface area contributed by atoms with Crippen molar-refractivity contribution in [3.63, 3.8) is 0 Å². The van der Waals surface area contributed by atoms with E-state index in [1.54, 1.807) is 19.1 Å². The SMILES string of the molecule is CC(C(=O)Nc1cc(C(C)(C)C(F)(F)F)no1)c1ccc(-c2nn(C(C)C)c(N)c2C(N)O)cn1. The van der Waals surface area contributed by atoms with Gasteiger partial charge in [-0.2, -0.15) is 18.3 Å². The van der Waals surface area contributed by atoms with Crippen molar-refractivity contribution in [3.05, 3.63) is 41.3 Å². The van der Waals surface area contributed by atoms with E-state index < -0.39 is 29.6 Å². The lowest BCUT2D eigenvalue weighted by atomic mass is 9.89. The van der Waals surface area contributed by atoms with Gasteiger partial charge in [0.05, 0.1) is 17.2 Å². The zero-order chi connectivity index (χ0) is 26.3. The van der Waals surface area contributed by atoms with Crippen LogP contribution in [0.3, 0.4) is 0 Å². The monoisotopic (exact) mass is 495 g/mol. The number of nitrogens with one attached hydrogen (secondary N) is 1. The van der Waals surface area contributed by atoms with Crippen molar-refractivity contribution < 1.29 is 27.6 Å². The van der Waals surface area contributed by atoms with Gasteiger partial charge in [-0.25, -0.2) is 4.68 Å². The molecule has 13 heteroatoms. The average molecular weight is 496 g/mol. The molecule has 6 N–H and O–H groups in total. The largest absolute Gasteiger partial charge is 0.399 e. The summed E-state index contributed by atoms with van der Waals surface area (Å²) in [6.45, 7) is 7.27. The van der Waals surface area contributed by atoms with Crippen LogP contribution in [0.15, 0.2) is 28.9 Å². The topological polar surface area (TPSA) is 158 Å². The number of nitrogens with two attached hydrogens (primary N) is 2. The Labute approximate surface area is 199 Å². The Kier molecular flexibility index (Phi) is 6.95. The number of halogens is 3. The number of pyridine rings is 1. The Morgan fingerprint density at radius 2 is 1.89 bits per heavy atom. The molecule has 0 radical (unpaired) electrons. The molecule has 3 aromatic heterocycles. The van der Waals surface area contributed by atoms with E-state index in [1.807, 2.05) is 13.8 Å². The Morgan fingerprint density at radius 3 is 2.40 bits per heavy atom.